The van der Waals surface area contributed by atoms with Crippen molar-refractivity contribution >= 4 is 67.3 Å². The van der Waals surface area contributed by atoms with E-state index in [1.165, 1.54) is 23.3 Å². The number of thiazole rings is 1. The molecule has 1 fully saturated rings. The molecule has 1 aliphatic heterocycles. The van der Waals surface area contributed by atoms with E-state index in [0.717, 1.165) is 10.3 Å². The maximum Gasteiger partial charge on any atom is 0.301 e. The number of anilines is 1. The second-order valence-corrected chi connectivity index (χ2v) is 9.86. The Morgan fingerprint density at radius 3 is 2.46 bits per heavy atom. The summed E-state index contributed by atoms with van der Waals surface area (Å²) in [6.45, 7) is 1.97. The van der Waals surface area contributed by atoms with Gasteiger partial charge in [-0.2, -0.15) is 0 Å². The van der Waals surface area contributed by atoms with Crippen LogP contribution >= 0.6 is 34.5 Å². The smallest absolute Gasteiger partial charge is 0.301 e. The molecular formula is C26H18Cl2N2O4S. The number of aliphatic hydroxyl groups is 1. The van der Waals surface area contributed by atoms with Gasteiger partial charge >= 0.3 is 5.91 Å². The minimum atomic E-state index is -0.950. The molecule has 0 radical (unpaired) electrons. The number of ether oxygens (including phenoxy) is 1. The topological polar surface area (TPSA) is 79.7 Å². The van der Waals surface area contributed by atoms with Crippen LogP contribution < -0.4 is 9.64 Å². The van der Waals surface area contributed by atoms with Crippen molar-refractivity contribution in [2.75, 3.05) is 12.0 Å². The quantitative estimate of drug-likeness (QED) is 0.186. The number of carbonyl (C=O) groups excluding carboxylic acids is 2. The van der Waals surface area contributed by atoms with Crippen LogP contribution in [0.3, 0.4) is 0 Å². The predicted molar refractivity (Wildman–Crippen MR) is 139 cm³/mol. The van der Waals surface area contributed by atoms with Crippen molar-refractivity contribution in [3.8, 4) is 5.75 Å². The molecule has 4 aromatic rings. The highest BCUT2D eigenvalue weighted by atomic mass is 35.5. The number of ketones is 1. The fourth-order valence-electron chi connectivity index (χ4n) is 4.05. The summed E-state index contributed by atoms with van der Waals surface area (Å²) in [6.07, 6.45) is 0. The number of aliphatic hydroxyl groups excluding tert-OH is 1. The first-order chi connectivity index (χ1) is 16.8. The zero-order chi connectivity index (χ0) is 24.9. The zero-order valence-electron chi connectivity index (χ0n) is 18.6. The molecule has 1 atom stereocenters. The van der Waals surface area contributed by atoms with Gasteiger partial charge in [0.15, 0.2) is 5.13 Å². The fraction of sp³-hybridized carbons (Fsp3) is 0.115. The molecule has 1 N–H and O–H groups in total. The van der Waals surface area contributed by atoms with Crippen molar-refractivity contribution in [2.45, 2.75) is 13.0 Å². The third-order valence-electron chi connectivity index (χ3n) is 5.81. The number of Topliss-reactive ketones (excluding diaryl/α,β-unsaturated/α-hetero) is 1. The van der Waals surface area contributed by atoms with Gasteiger partial charge in [0.2, 0.25) is 0 Å². The largest absolute Gasteiger partial charge is 0.507 e. The minimum absolute atomic E-state index is 0.0611. The van der Waals surface area contributed by atoms with Gasteiger partial charge in [-0.1, -0.05) is 46.7 Å². The Hall–Kier alpha value is -3.39. The van der Waals surface area contributed by atoms with Crippen LogP contribution in [0.2, 0.25) is 10.0 Å². The molecule has 176 valence electrons. The molecule has 2 heterocycles. The molecule has 1 unspecified atom stereocenters. The number of benzene rings is 3. The number of hydrogen-bond acceptors (Lipinski definition) is 6. The number of nitrogens with zero attached hydrogens (tertiary/aromatic N) is 2. The Balaban J connectivity index is 1.73. The fourth-order valence-corrected chi connectivity index (χ4v) is 5.45. The summed E-state index contributed by atoms with van der Waals surface area (Å²) in [5.41, 5.74) is 2.59. The van der Waals surface area contributed by atoms with Crippen LogP contribution in [0.1, 0.15) is 22.7 Å². The molecule has 1 saturated heterocycles. The van der Waals surface area contributed by atoms with Gasteiger partial charge in [-0.25, -0.2) is 4.98 Å². The molecule has 6 nitrogen and oxygen atoms in total. The number of amides is 1. The van der Waals surface area contributed by atoms with Crippen molar-refractivity contribution in [3.05, 3.63) is 93.0 Å². The average molecular weight is 525 g/mol. The van der Waals surface area contributed by atoms with E-state index in [9.17, 15) is 14.7 Å². The van der Waals surface area contributed by atoms with Gasteiger partial charge in [0, 0.05) is 5.56 Å². The molecular weight excluding hydrogens is 507 g/mol. The van der Waals surface area contributed by atoms with E-state index in [2.05, 4.69) is 4.98 Å². The zero-order valence-corrected chi connectivity index (χ0v) is 20.9. The molecule has 3 aromatic carbocycles. The van der Waals surface area contributed by atoms with Gasteiger partial charge in [0.05, 0.1) is 39.0 Å². The third kappa shape index (κ3) is 4.05. The average Bonchev–Trinajstić information content (AvgIpc) is 3.38. The highest BCUT2D eigenvalue weighted by Crippen LogP contribution is 2.45. The second-order valence-electron chi connectivity index (χ2n) is 8.04. The predicted octanol–water partition coefficient (Wildman–Crippen LogP) is 6.55. The van der Waals surface area contributed by atoms with E-state index in [1.807, 2.05) is 25.1 Å². The van der Waals surface area contributed by atoms with Crippen LogP contribution in [0.5, 0.6) is 5.75 Å². The summed E-state index contributed by atoms with van der Waals surface area (Å²) in [4.78, 5) is 32.6. The number of aryl methyl sites for hydroxylation is 1. The lowest BCUT2D eigenvalue weighted by Gasteiger charge is -2.23. The van der Waals surface area contributed by atoms with E-state index >= 15 is 0 Å². The molecule has 1 aromatic heterocycles. The van der Waals surface area contributed by atoms with Gasteiger partial charge in [0.25, 0.3) is 5.78 Å². The van der Waals surface area contributed by atoms with Crippen LogP contribution in [-0.4, -0.2) is 28.9 Å². The van der Waals surface area contributed by atoms with Gasteiger partial charge in [-0.15, -0.1) is 0 Å². The van der Waals surface area contributed by atoms with Crippen LogP contribution in [-0.2, 0) is 9.59 Å². The van der Waals surface area contributed by atoms with Crippen molar-refractivity contribution in [1.82, 2.24) is 4.98 Å². The lowest BCUT2D eigenvalue weighted by Crippen LogP contribution is -2.29. The van der Waals surface area contributed by atoms with Gasteiger partial charge < -0.3 is 9.84 Å². The number of hydrogen-bond donors (Lipinski definition) is 1. The first-order valence-electron chi connectivity index (χ1n) is 10.6. The Labute approximate surface area is 215 Å². The lowest BCUT2D eigenvalue weighted by atomic mass is 9.95. The van der Waals surface area contributed by atoms with E-state index in [0.29, 0.717) is 32.5 Å². The van der Waals surface area contributed by atoms with Crippen molar-refractivity contribution in [3.63, 3.8) is 0 Å². The Morgan fingerprint density at radius 1 is 1.03 bits per heavy atom. The van der Waals surface area contributed by atoms with Crippen LogP contribution in [0.15, 0.2) is 66.2 Å². The maximum atomic E-state index is 13.4. The Kier molecular flexibility index (Phi) is 6.01. The normalized spacial score (nSPS) is 17.4. The molecule has 0 spiro atoms. The van der Waals surface area contributed by atoms with Gasteiger partial charge in [0.1, 0.15) is 11.5 Å². The molecule has 1 amide bonds. The lowest BCUT2D eigenvalue weighted by molar-refractivity contribution is -0.132. The summed E-state index contributed by atoms with van der Waals surface area (Å²) in [7, 11) is 1.53. The van der Waals surface area contributed by atoms with Crippen LogP contribution in [0.4, 0.5) is 5.13 Å². The number of aromatic nitrogens is 1. The van der Waals surface area contributed by atoms with Crippen molar-refractivity contribution in [2.24, 2.45) is 0 Å². The molecule has 9 heteroatoms. The Morgan fingerprint density at radius 2 is 1.77 bits per heavy atom. The van der Waals surface area contributed by atoms with Crippen LogP contribution in [0, 0.1) is 6.92 Å². The number of methoxy groups -OCH3 is 1. The number of rotatable bonds is 4. The molecule has 1 aliphatic rings. The molecule has 0 saturated carbocycles. The SMILES string of the molecule is COc1ccc(/C(O)=C2\C(=O)C(=O)N(c3nc4ccc(C)cc4s3)C2c2ccc(Cl)c(Cl)c2)cc1. The highest BCUT2D eigenvalue weighted by molar-refractivity contribution is 7.22. The second kappa shape index (κ2) is 9.00. The summed E-state index contributed by atoms with van der Waals surface area (Å²) in [5, 5.41) is 12.2. The maximum absolute atomic E-state index is 13.4. The van der Waals surface area contributed by atoms with Crippen molar-refractivity contribution in [1.29, 1.82) is 0 Å². The molecule has 5 rings (SSSR count). The summed E-state index contributed by atoms with van der Waals surface area (Å²) < 4.78 is 6.06. The number of fused-ring (bicyclic) bond motifs is 1. The minimum Gasteiger partial charge on any atom is -0.507 e. The van der Waals surface area contributed by atoms with E-state index < -0.39 is 17.7 Å². The first kappa shape index (κ1) is 23.4. The summed E-state index contributed by atoms with van der Waals surface area (Å²) in [5.74, 6) is -1.31. The number of halogens is 2. The van der Waals surface area contributed by atoms with Crippen LogP contribution in [0.25, 0.3) is 16.0 Å². The van der Waals surface area contributed by atoms with E-state index in [4.69, 9.17) is 27.9 Å². The summed E-state index contributed by atoms with van der Waals surface area (Å²) in [6, 6.07) is 16.2. The highest BCUT2D eigenvalue weighted by Gasteiger charge is 2.48. The molecule has 0 aliphatic carbocycles. The van der Waals surface area contributed by atoms with E-state index in [1.54, 1.807) is 42.5 Å². The Bertz CT molecular complexity index is 1530. The van der Waals surface area contributed by atoms with Gasteiger partial charge in [-0.05, 0) is 66.6 Å². The monoisotopic (exact) mass is 524 g/mol. The summed E-state index contributed by atoms with van der Waals surface area (Å²) >= 11 is 13.7. The number of carbonyl (C=O) groups is 2. The van der Waals surface area contributed by atoms with Crippen molar-refractivity contribution < 1.29 is 19.4 Å². The van der Waals surface area contributed by atoms with Gasteiger partial charge in [-0.3, -0.25) is 14.5 Å². The standard InChI is InChI=1S/C26H18Cl2N2O4S/c1-13-3-10-19-20(11-13)35-26(29-19)30-22(15-6-9-17(27)18(28)12-15)21(24(32)25(30)33)23(31)14-4-7-16(34-2)8-5-14/h3-12,22,31H,1-2H3/b23-21+. The molecule has 35 heavy (non-hydrogen) atoms. The third-order valence-corrected chi connectivity index (χ3v) is 7.56. The first-order valence-corrected chi connectivity index (χ1v) is 12.1. The molecule has 0 bridgehead atoms. The van der Waals surface area contributed by atoms with E-state index in [-0.39, 0.29) is 16.4 Å².